The van der Waals surface area contributed by atoms with Gasteiger partial charge in [-0.1, -0.05) is 13.8 Å². The second-order valence-corrected chi connectivity index (χ2v) is 4.94. The minimum atomic E-state index is 0.360. The van der Waals surface area contributed by atoms with E-state index in [-0.39, 0.29) is 0 Å². The van der Waals surface area contributed by atoms with Gasteiger partial charge in [-0.3, -0.25) is 0 Å². The van der Waals surface area contributed by atoms with E-state index in [0.717, 1.165) is 12.4 Å². The number of hydrogen-bond acceptors (Lipinski definition) is 5. The first-order valence-electron chi connectivity index (χ1n) is 6.53. The van der Waals surface area contributed by atoms with E-state index in [9.17, 15) is 0 Å². The number of nitrogens with zero attached hydrogens (tertiary/aromatic N) is 3. The van der Waals surface area contributed by atoms with Crippen LogP contribution in [0.15, 0.2) is 24.5 Å². The Hall–Kier alpha value is -2.24. The molecule has 0 radical (unpaired) electrons. The Morgan fingerprint density at radius 3 is 2.80 bits per heavy atom. The first kappa shape index (κ1) is 14.2. The topological polar surface area (TPSA) is 75.2 Å². The van der Waals surface area contributed by atoms with Gasteiger partial charge in [0.05, 0.1) is 12.8 Å². The van der Waals surface area contributed by atoms with E-state index in [1.165, 1.54) is 0 Å². The first-order valence-corrected chi connectivity index (χ1v) is 6.53. The minimum Gasteiger partial charge on any atom is -0.495 e. The van der Waals surface area contributed by atoms with Gasteiger partial charge in [-0.05, 0) is 18.1 Å². The summed E-state index contributed by atoms with van der Waals surface area (Å²) in [5.74, 6) is 2.63. The van der Waals surface area contributed by atoms with Crippen LogP contribution >= 0.6 is 0 Å². The van der Waals surface area contributed by atoms with Gasteiger partial charge < -0.3 is 15.2 Å². The van der Waals surface area contributed by atoms with Gasteiger partial charge in [0.2, 0.25) is 0 Å². The van der Waals surface area contributed by atoms with Crippen molar-refractivity contribution in [3.63, 3.8) is 0 Å². The van der Waals surface area contributed by atoms with Crippen molar-refractivity contribution in [2.24, 2.45) is 5.92 Å². The molecule has 0 unspecified atom stereocenters. The lowest BCUT2D eigenvalue weighted by atomic mass is 10.2. The van der Waals surface area contributed by atoms with Gasteiger partial charge in [-0.15, -0.1) is 0 Å². The third kappa shape index (κ3) is 3.40. The molecule has 0 aliphatic rings. The van der Waals surface area contributed by atoms with Crippen molar-refractivity contribution in [2.75, 3.05) is 12.8 Å². The maximum Gasteiger partial charge on any atom is 0.164 e. The van der Waals surface area contributed by atoms with Crippen LogP contribution in [0.4, 0.5) is 5.69 Å². The molecule has 108 valence electrons. The summed E-state index contributed by atoms with van der Waals surface area (Å²) in [7, 11) is 1.58. The first-order chi connectivity index (χ1) is 9.60. The number of ether oxygens (including phenoxy) is 2. The zero-order valence-electron chi connectivity index (χ0n) is 12.0. The third-order valence-corrected chi connectivity index (χ3v) is 2.80. The number of hydrogen-bond donors (Lipinski definition) is 1. The molecule has 0 saturated heterocycles. The molecule has 0 atom stereocenters. The van der Waals surface area contributed by atoms with Crippen molar-refractivity contribution in [3.05, 3.63) is 30.4 Å². The number of aromatic nitrogens is 3. The smallest absolute Gasteiger partial charge is 0.164 e. The molecule has 1 aromatic carbocycles. The highest BCUT2D eigenvalue weighted by Crippen LogP contribution is 2.26. The van der Waals surface area contributed by atoms with Crippen molar-refractivity contribution in [2.45, 2.75) is 27.0 Å². The van der Waals surface area contributed by atoms with E-state index in [2.05, 4.69) is 23.9 Å². The van der Waals surface area contributed by atoms with E-state index in [4.69, 9.17) is 15.2 Å². The lowest BCUT2D eigenvalue weighted by Gasteiger charge is -2.11. The Bertz CT molecular complexity index is 566. The Labute approximate surface area is 118 Å². The van der Waals surface area contributed by atoms with Crippen LogP contribution in [0.5, 0.6) is 11.5 Å². The maximum absolute atomic E-state index is 5.84. The molecule has 0 fully saturated rings. The van der Waals surface area contributed by atoms with Crippen LogP contribution in [-0.2, 0) is 13.2 Å². The zero-order valence-corrected chi connectivity index (χ0v) is 12.0. The minimum absolute atomic E-state index is 0.360. The Balaban J connectivity index is 2.02. The van der Waals surface area contributed by atoms with Crippen molar-refractivity contribution in [1.29, 1.82) is 0 Å². The monoisotopic (exact) mass is 276 g/mol. The highest BCUT2D eigenvalue weighted by atomic mass is 16.5. The predicted molar refractivity (Wildman–Crippen MR) is 76.6 cm³/mol. The van der Waals surface area contributed by atoms with Crippen LogP contribution in [-0.4, -0.2) is 21.9 Å². The lowest BCUT2D eigenvalue weighted by Crippen LogP contribution is -2.12. The fourth-order valence-electron chi connectivity index (χ4n) is 1.85. The molecular weight excluding hydrogens is 256 g/mol. The van der Waals surface area contributed by atoms with Gasteiger partial charge >= 0.3 is 0 Å². The molecule has 0 aliphatic heterocycles. The molecule has 6 heteroatoms. The van der Waals surface area contributed by atoms with Crippen molar-refractivity contribution >= 4 is 5.69 Å². The van der Waals surface area contributed by atoms with E-state index in [1.54, 1.807) is 25.6 Å². The molecule has 6 nitrogen and oxygen atoms in total. The summed E-state index contributed by atoms with van der Waals surface area (Å²) in [6, 6.07) is 5.34. The van der Waals surface area contributed by atoms with Crippen LogP contribution in [0.3, 0.4) is 0 Å². The largest absolute Gasteiger partial charge is 0.495 e. The second-order valence-electron chi connectivity index (χ2n) is 4.94. The lowest BCUT2D eigenvalue weighted by molar-refractivity contribution is 0.282. The van der Waals surface area contributed by atoms with Crippen LogP contribution in [0.1, 0.15) is 19.7 Å². The van der Waals surface area contributed by atoms with Crippen molar-refractivity contribution < 1.29 is 9.47 Å². The molecule has 20 heavy (non-hydrogen) atoms. The van der Waals surface area contributed by atoms with Gasteiger partial charge in [-0.2, -0.15) is 5.10 Å². The second kappa shape index (κ2) is 6.27. The molecule has 0 spiro atoms. The molecule has 2 N–H and O–H groups in total. The average molecular weight is 276 g/mol. The Morgan fingerprint density at radius 2 is 2.15 bits per heavy atom. The molecule has 0 aliphatic carbocycles. The molecule has 0 saturated carbocycles. The number of methoxy groups -OCH3 is 1. The summed E-state index contributed by atoms with van der Waals surface area (Å²) in [6.07, 6.45) is 1.55. The van der Waals surface area contributed by atoms with Gasteiger partial charge in [0, 0.05) is 12.6 Å². The van der Waals surface area contributed by atoms with E-state index < -0.39 is 0 Å². The molecule has 2 aromatic rings. The summed E-state index contributed by atoms with van der Waals surface area (Å²) < 4.78 is 12.7. The summed E-state index contributed by atoms with van der Waals surface area (Å²) >= 11 is 0. The van der Waals surface area contributed by atoms with E-state index in [0.29, 0.717) is 29.7 Å². The summed E-state index contributed by atoms with van der Waals surface area (Å²) in [5.41, 5.74) is 6.39. The standard InChI is InChI=1S/C14H20N4O2/c1-10(2)7-18-14(16-9-17-18)8-20-11-4-5-13(19-3)12(15)6-11/h4-6,9-10H,7-8,15H2,1-3H3. The summed E-state index contributed by atoms with van der Waals surface area (Å²) in [6.45, 7) is 5.45. The summed E-state index contributed by atoms with van der Waals surface area (Å²) in [4.78, 5) is 4.21. The van der Waals surface area contributed by atoms with Crippen LogP contribution in [0.2, 0.25) is 0 Å². The molecule has 0 amide bonds. The number of rotatable bonds is 6. The number of nitrogens with two attached hydrogens (primary N) is 1. The van der Waals surface area contributed by atoms with Gasteiger partial charge in [0.15, 0.2) is 5.82 Å². The number of benzene rings is 1. The quantitative estimate of drug-likeness (QED) is 0.818. The van der Waals surface area contributed by atoms with E-state index in [1.807, 2.05) is 10.7 Å². The normalized spacial score (nSPS) is 10.8. The summed E-state index contributed by atoms with van der Waals surface area (Å²) in [5, 5.41) is 4.19. The highest BCUT2D eigenvalue weighted by molar-refractivity contribution is 5.56. The molecule has 0 bridgehead atoms. The maximum atomic E-state index is 5.84. The van der Waals surface area contributed by atoms with E-state index >= 15 is 0 Å². The van der Waals surface area contributed by atoms with Crippen molar-refractivity contribution in [1.82, 2.24) is 14.8 Å². The molecule has 1 aromatic heterocycles. The SMILES string of the molecule is COc1ccc(OCc2ncnn2CC(C)C)cc1N. The van der Waals surface area contributed by atoms with Crippen LogP contribution in [0.25, 0.3) is 0 Å². The highest BCUT2D eigenvalue weighted by Gasteiger charge is 2.08. The number of anilines is 1. The fraction of sp³-hybridized carbons (Fsp3) is 0.429. The number of nitrogen functional groups attached to an aromatic ring is 1. The average Bonchev–Trinajstić information content (AvgIpc) is 2.83. The van der Waals surface area contributed by atoms with Gasteiger partial charge in [-0.25, -0.2) is 9.67 Å². The van der Waals surface area contributed by atoms with Gasteiger partial charge in [0.1, 0.15) is 24.4 Å². The molecular formula is C14H20N4O2. The zero-order chi connectivity index (χ0) is 14.5. The van der Waals surface area contributed by atoms with Crippen LogP contribution < -0.4 is 15.2 Å². The Morgan fingerprint density at radius 1 is 1.35 bits per heavy atom. The molecule has 1 heterocycles. The van der Waals surface area contributed by atoms with Gasteiger partial charge in [0.25, 0.3) is 0 Å². The fourth-order valence-corrected chi connectivity index (χ4v) is 1.85. The third-order valence-electron chi connectivity index (χ3n) is 2.80. The Kier molecular flexibility index (Phi) is 4.45. The molecule has 2 rings (SSSR count). The van der Waals surface area contributed by atoms with Crippen molar-refractivity contribution in [3.8, 4) is 11.5 Å². The predicted octanol–water partition coefficient (Wildman–Crippen LogP) is 2.10. The van der Waals surface area contributed by atoms with Crippen LogP contribution in [0, 0.1) is 5.92 Å².